The third kappa shape index (κ3) is 4.97. The average molecular weight is 199 g/mol. The van der Waals surface area contributed by atoms with Gasteiger partial charge in [-0.05, 0) is 58.0 Å². The van der Waals surface area contributed by atoms with Gasteiger partial charge in [0.1, 0.15) is 0 Å². The monoisotopic (exact) mass is 199 g/mol. The van der Waals surface area contributed by atoms with Crippen LogP contribution in [0.5, 0.6) is 0 Å². The van der Waals surface area contributed by atoms with E-state index in [1.165, 1.54) is 25.9 Å². The highest BCUT2D eigenvalue weighted by Gasteiger charge is 2.32. The minimum Gasteiger partial charge on any atom is -0.393 e. The van der Waals surface area contributed by atoms with Gasteiger partial charge in [0, 0.05) is 6.54 Å². The Bertz CT molecular complexity index is 158. The highest BCUT2D eigenvalue weighted by molar-refractivity contribution is 4.84. The Balaban J connectivity index is 1.90. The van der Waals surface area contributed by atoms with Crippen LogP contribution in [0, 0.1) is 11.8 Å². The molecule has 1 aliphatic carbocycles. The molecule has 0 heterocycles. The van der Waals surface area contributed by atoms with Crippen LogP contribution in [0.3, 0.4) is 0 Å². The smallest absolute Gasteiger partial charge is 0.0512 e. The summed E-state index contributed by atoms with van der Waals surface area (Å²) in [4.78, 5) is 2.44. The maximum absolute atomic E-state index is 9.09. The molecule has 0 aromatic carbocycles. The molecule has 0 saturated heterocycles. The van der Waals surface area contributed by atoms with Crippen LogP contribution in [-0.4, -0.2) is 36.2 Å². The molecule has 0 bridgehead atoms. The number of hydrogen-bond donors (Lipinski definition) is 1. The van der Waals surface area contributed by atoms with E-state index in [-0.39, 0.29) is 6.10 Å². The minimum absolute atomic E-state index is 0.122. The lowest BCUT2D eigenvalue weighted by Gasteiger charge is -2.16. The molecular formula is C12H25NO. The van der Waals surface area contributed by atoms with Crippen LogP contribution in [0.1, 0.15) is 39.5 Å². The van der Waals surface area contributed by atoms with E-state index in [0.29, 0.717) is 0 Å². The van der Waals surface area contributed by atoms with E-state index >= 15 is 0 Å². The fourth-order valence-electron chi connectivity index (χ4n) is 1.97. The van der Waals surface area contributed by atoms with Crippen molar-refractivity contribution < 1.29 is 5.11 Å². The molecule has 1 saturated carbocycles. The van der Waals surface area contributed by atoms with Crippen molar-refractivity contribution in [2.75, 3.05) is 20.1 Å². The third-order valence-corrected chi connectivity index (χ3v) is 3.23. The maximum atomic E-state index is 9.09. The van der Waals surface area contributed by atoms with Crippen LogP contribution in [0.2, 0.25) is 0 Å². The second-order valence-electron chi connectivity index (χ2n) is 5.08. The molecule has 3 atom stereocenters. The van der Waals surface area contributed by atoms with Gasteiger partial charge in [-0.2, -0.15) is 0 Å². The Morgan fingerprint density at radius 1 is 1.43 bits per heavy atom. The van der Waals surface area contributed by atoms with Crippen molar-refractivity contribution in [1.82, 2.24) is 4.90 Å². The molecule has 2 nitrogen and oxygen atoms in total. The minimum atomic E-state index is -0.122. The zero-order chi connectivity index (χ0) is 10.6. The van der Waals surface area contributed by atoms with Crippen LogP contribution in [-0.2, 0) is 0 Å². The Hall–Kier alpha value is -0.0800. The zero-order valence-electron chi connectivity index (χ0n) is 9.87. The van der Waals surface area contributed by atoms with Gasteiger partial charge in [0.15, 0.2) is 0 Å². The third-order valence-electron chi connectivity index (χ3n) is 3.23. The van der Waals surface area contributed by atoms with E-state index in [1.807, 2.05) is 6.92 Å². The van der Waals surface area contributed by atoms with Gasteiger partial charge < -0.3 is 10.0 Å². The number of unbranched alkanes of at least 4 members (excludes halogenated alkanes) is 1. The van der Waals surface area contributed by atoms with E-state index in [0.717, 1.165) is 24.7 Å². The molecule has 2 heteroatoms. The van der Waals surface area contributed by atoms with Crippen LogP contribution >= 0.6 is 0 Å². The van der Waals surface area contributed by atoms with Gasteiger partial charge in [0.25, 0.3) is 0 Å². The van der Waals surface area contributed by atoms with Crippen molar-refractivity contribution in [1.29, 1.82) is 0 Å². The summed E-state index contributed by atoms with van der Waals surface area (Å²) in [7, 11) is 2.22. The summed E-state index contributed by atoms with van der Waals surface area (Å²) in [6.07, 6.45) is 4.64. The quantitative estimate of drug-likeness (QED) is 0.635. The second-order valence-corrected chi connectivity index (χ2v) is 5.08. The van der Waals surface area contributed by atoms with Crippen molar-refractivity contribution in [3.63, 3.8) is 0 Å². The molecule has 0 aromatic heterocycles. The summed E-state index contributed by atoms with van der Waals surface area (Å²) < 4.78 is 0. The van der Waals surface area contributed by atoms with Crippen LogP contribution in [0.25, 0.3) is 0 Å². The van der Waals surface area contributed by atoms with Crippen molar-refractivity contribution in [3.05, 3.63) is 0 Å². The van der Waals surface area contributed by atoms with Crippen LogP contribution in [0.4, 0.5) is 0 Å². The zero-order valence-corrected chi connectivity index (χ0v) is 9.87. The lowest BCUT2D eigenvalue weighted by molar-refractivity contribution is 0.178. The lowest BCUT2D eigenvalue weighted by atomic mass is 10.1. The van der Waals surface area contributed by atoms with Gasteiger partial charge in [0.05, 0.1) is 6.10 Å². The Morgan fingerprint density at radius 3 is 2.57 bits per heavy atom. The normalized spacial score (nSPS) is 28.1. The fraction of sp³-hybridized carbons (Fsp3) is 1.00. The van der Waals surface area contributed by atoms with Crippen molar-refractivity contribution in [2.45, 2.75) is 45.6 Å². The first-order chi connectivity index (χ1) is 6.59. The molecule has 1 fully saturated rings. The first kappa shape index (κ1) is 12.0. The molecule has 3 unspecified atom stereocenters. The number of hydrogen-bond acceptors (Lipinski definition) is 2. The number of aliphatic hydroxyl groups excluding tert-OH is 1. The summed E-state index contributed by atoms with van der Waals surface area (Å²) >= 11 is 0. The molecule has 14 heavy (non-hydrogen) atoms. The van der Waals surface area contributed by atoms with Gasteiger partial charge in [-0.15, -0.1) is 0 Å². The topological polar surface area (TPSA) is 23.5 Å². The predicted octanol–water partition coefficient (Wildman–Crippen LogP) is 2.13. The van der Waals surface area contributed by atoms with Gasteiger partial charge in [-0.1, -0.05) is 6.92 Å². The predicted molar refractivity (Wildman–Crippen MR) is 60.3 cm³/mol. The lowest BCUT2D eigenvalue weighted by Crippen LogP contribution is -2.22. The maximum Gasteiger partial charge on any atom is 0.0512 e. The Morgan fingerprint density at radius 2 is 2.07 bits per heavy atom. The summed E-state index contributed by atoms with van der Waals surface area (Å²) in [5.41, 5.74) is 0. The molecule has 1 aliphatic rings. The van der Waals surface area contributed by atoms with E-state index in [1.54, 1.807) is 0 Å². The molecule has 84 valence electrons. The highest BCUT2D eigenvalue weighted by atomic mass is 16.3. The highest BCUT2D eigenvalue weighted by Crippen LogP contribution is 2.37. The van der Waals surface area contributed by atoms with Gasteiger partial charge in [-0.25, -0.2) is 0 Å². The second kappa shape index (κ2) is 5.72. The summed E-state index contributed by atoms with van der Waals surface area (Å²) in [6.45, 7) is 6.67. The van der Waals surface area contributed by atoms with Crippen LogP contribution < -0.4 is 0 Å². The molecule has 0 aliphatic heterocycles. The summed E-state index contributed by atoms with van der Waals surface area (Å²) in [6, 6.07) is 0. The average Bonchev–Trinajstić information content (AvgIpc) is 2.75. The SMILES string of the molecule is CC(O)CCCCN(C)CC1CC1C. The molecular weight excluding hydrogens is 174 g/mol. The Labute approximate surface area is 88.3 Å². The largest absolute Gasteiger partial charge is 0.393 e. The number of aliphatic hydroxyl groups is 1. The molecule has 0 spiro atoms. The van der Waals surface area contributed by atoms with Gasteiger partial charge in [-0.3, -0.25) is 0 Å². The standard InChI is InChI=1S/C12H25NO/c1-10-8-12(10)9-13(3)7-5-4-6-11(2)14/h10-12,14H,4-9H2,1-3H3. The fourth-order valence-corrected chi connectivity index (χ4v) is 1.97. The molecule has 0 amide bonds. The van der Waals surface area contributed by atoms with E-state index in [9.17, 15) is 0 Å². The summed E-state index contributed by atoms with van der Waals surface area (Å²) in [5, 5.41) is 9.09. The van der Waals surface area contributed by atoms with Gasteiger partial charge >= 0.3 is 0 Å². The van der Waals surface area contributed by atoms with Crippen molar-refractivity contribution in [2.24, 2.45) is 11.8 Å². The molecule has 1 rings (SSSR count). The van der Waals surface area contributed by atoms with E-state index in [2.05, 4.69) is 18.9 Å². The molecule has 1 N–H and O–H groups in total. The van der Waals surface area contributed by atoms with Crippen molar-refractivity contribution in [3.8, 4) is 0 Å². The molecule has 0 aromatic rings. The van der Waals surface area contributed by atoms with Crippen molar-refractivity contribution >= 4 is 0 Å². The molecule has 0 radical (unpaired) electrons. The van der Waals surface area contributed by atoms with Gasteiger partial charge in [0.2, 0.25) is 0 Å². The Kier molecular flexibility index (Phi) is 4.90. The first-order valence-corrected chi connectivity index (χ1v) is 5.96. The van der Waals surface area contributed by atoms with E-state index in [4.69, 9.17) is 5.11 Å². The van der Waals surface area contributed by atoms with E-state index < -0.39 is 0 Å². The van der Waals surface area contributed by atoms with Crippen LogP contribution in [0.15, 0.2) is 0 Å². The first-order valence-electron chi connectivity index (χ1n) is 5.96. The number of nitrogens with zero attached hydrogens (tertiary/aromatic N) is 1. The number of rotatable bonds is 7. The summed E-state index contributed by atoms with van der Waals surface area (Å²) in [5.74, 6) is 1.94.